The molecule has 3 N–H and O–H groups in total. The normalized spacial score (nSPS) is 22.5. The number of amides is 1. The fourth-order valence-electron chi connectivity index (χ4n) is 6.05. The zero-order valence-electron chi connectivity index (χ0n) is 25.8. The van der Waals surface area contributed by atoms with Crippen molar-refractivity contribution in [3.05, 3.63) is 30.0 Å². The summed E-state index contributed by atoms with van der Waals surface area (Å²) in [5.41, 5.74) is -1.22. The second kappa shape index (κ2) is 12.0. The Hall–Kier alpha value is -2.74. The molecule has 0 aromatic carbocycles. The minimum atomic E-state index is -0.825. The highest BCUT2D eigenvalue weighted by Gasteiger charge is 2.50. The SMILES string of the molecule is C[C@@H]1OCC2(CCN(c3ncc(Sc4ccnc(N5CC(C(C)(C)O)C5)c4F)nc3CO)CC2)[C@@H]1NC(=O)OC(C)(C)C. The van der Waals surface area contributed by atoms with Crippen molar-refractivity contribution < 1.29 is 28.9 Å². The highest BCUT2D eigenvalue weighted by atomic mass is 32.2. The fraction of sp³-hybridized carbons (Fsp3) is 0.667. The van der Waals surface area contributed by atoms with E-state index in [0.717, 1.165) is 24.6 Å². The summed E-state index contributed by atoms with van der Waals surface area (Å²) >= 11 is 1.13. The molecular weight excluding hydrogens is 575 g/mol. The van der Waals surface area contributed by atoms with Crippen LogP contribution < -0.4 is 15.1 Å². The zero-order valence-corrected chi connectivity index (χ0v) is 26.6. The molecule has 2 aromatic heterocycles. The summed E-state index contributed by atoms with van der Waals surface area (Å²) in [6.07, 6.45) is 4.10. The molecule has 13 heteroatoms. The predicted octanol–water partition coefficient (Wildman–Crippen LogP) is 3.76. The van der Waals surface area contributed by atoms with Crippen LogP contribution in [-0.4, -0.2) is 87.4 Å². The number of hydrogen-bond donors (Lipinski definition) is 3. The van der Waals surface area contributed by atoms with Gasteiger partial charge in [-0.15, -0.1) is 0 Å². The Morgan fingerprint density at radius 1 is 1.19 bits per heavy atom. The Morgan fingerprint density at radius 3 is 2.51 bits per heavy atom. The lowest BCUT2D eigenvalue weighted by atomic mass is 9.73. The van der Waals surface area contributed by atoms with Gasteiger partial charge in [0.1, 0.15) is 16.3 Å². The number of aliphatic hydroxyl groups is 2. The third kappa shape index (κ3) is 6.84. The molecule has 0 unspecified atom stereocenters. The first-order valence-electron chi connectivity index (χ1n) is 14.8. The van der Waals surface area contributed by atoms with Crippen molar-refractivity contribution >= 4 is 29.5 Å². The van der Waals surface area contributed by atoms with E-state index in [-0.39, 0.29) is 35.9 Å². The van der Waals surface area contributed by atoms with Crippen molar-refractivity contribution in [2.75, 3.05) is 42.6 Å². The first-order chi connectivity index (χ1) is 20.2. The van der Waals surface area contributed by atoms with Gasteiger partial charge in [-0.3, -0.25) is 0 Å². The molecule has 0 aliphatic carbocycles. The lowest BCUT2D eigenvalue weighted by molar-refractivity contribution is 0.00415. The molecule has 2 atom stereocenters. The molecule has 0 radical (unpaired) electrons. The monoisotopic (exact) mass is 618 g/mol. The molecule has 5 heterocycles. The maximum Gasteiger partial charge on any atom is 0.407 e. The van der Waals surface area contributed by atoms with E-state index in [2.05, 4.69) is 25.2 Å². The number of piperidine rings is 1. The van der Waals surface area contributed by atoms with Gasteiger partial charge in [0.25, 0.3) is 0 Å². The van der Waals surface area contributed by atoms with E-state index in [1.165, 1.54) is 0 Å². The summed E-state index contributed by atoms with van der Waals surface area (Å²) in [6, 6.07) is 1.42. The number of halogens is 1. The van der Waals surface area contributed by atoms with Crippen LogP contribution in [0.25, 0.3) is 0 Å². The zero-order chi connectivity index (χ0) is 31.2. The Kier molecular flexibility index (Phi) is 8.83. The van der Waals surface area contributed by atoms with Gasteiger partial charge in [0.15, 0.2) is 17.5 Å². The predicted molar refractivity (Wildman–Crippen MR) is 161 cm³/mol. The number of nitrogens with zero attached hydrogens (tertiary/aromatic N) is 5. The van der Waals surface area contributed by atoms with Gasteiger partial charge in [-0.05, 0) is 60.5 Å². The molecule has 1 spiro atoms. The molecule has 0 bridgehead atoms. The van der Waals surface area contributed by atoms with E-state index < -0.39 is 23.1 Å². The number of carbonyl (C=O) groups excluding carboxylic acids is 1. The number of aliphatic hydroxyl groups excluding tert-OH is 1. The number of pyridine rings is 1. The van der Waals surface area contributed by atoms with Crippen LogP contribution in [0.5, 0.6) is 0 Å². The van der Waals surface area contributed by atoms with Crippen molar-refractivity contribution in [3.8, 4) is 0 Å². The van der Waals surface area contributed by atoms with E-state index in [9.17, 15) is 15.0 Å². The highest BCUT2D eigenvalue weighted by Crippen LogP contribution is 2.43. The van der Waals surface area contributed by atoms with Crippen molar-refractivity contribution in [1.82, 2.24) is 20.3 Å². The van der Waals surface area contributed by atoms with Gasteiger partial charge in [-0.25, -0.2) is 24.1 Å². The molecular formula is C30H43FN6O5S. The molecule has 11 nitrogen and oxygen atoms in total. The van der Waals surface area contributed by atoms with E-state index in [4.69, 9.17) is 9.47 Å². The van der Waals surface area contributed by atoms with Gasteiger partial charge in [0.05, 0.1) is 42.1 Å². The van der Waals surface area contributed by atoms with Crippen LogP contribution in [0.2, 0.25) is 0 Å². The van der Waals surface area contributed by atoms with Crippen molar-refractivity contribution in [2.45, 2.75) is 94.3 Å². The van der Waals surface area contributed by atoms with Gasteiger partial charge in [0.2, 0.25) is 0 Å². The summed E-state index contributed by atoms with van der Waals surface area (Å²) in [5.74, 6) is 0.461. The van der Waals surface area contributed by atoms with Crippen molar-refractivity contribution in [2.24, 2.45) is 11.3 Å². The standard InChI is InChI=1S/C30H43FN6O5S/c1-18-24(35-27(39)42-28(2,3)4)30(17-41-18)8-11-36(12-9-30)25-20(16-38)34-22(13-33-25)43-21-7-10-32-26(23(21)31)37-14-19(15-37)29(5,6)40/h7,10,13,18-19,24,38,40H,8-9,11-12,14-17H2,1-6H3,(H,35,39)/t18-,24+/m0/s1. The molecule has 236 valence electrons. The van der Waals surface area contributed by atoms with Gasteiger partial charge in [-0.2, -0.15) is 0 Å². The van der Waals surface area contributed by atoms with Crippen LogP contribution in [0.3, 0.4) is 0 Å². The molecule has 3 aliphatic heterocycles. The molecule has 1 amide bonds. The smallest absolute Gasteiger partial charge is 0.407 e. The number of nitrogens with one attached hydrogen (secondary N) is 1. The first-order valence-corrected chi connectivity index (χ1v) is 15.6. The van der Waals surface area contributed by atoms with E-state index in [1.807, 2.05) is 32.6 Å². The average Bonchev–Trinajstić information content (AvgIpc) is 3.18. The van der Waals surface area contributed by atoms with Crippen LogP contribution in [0.1, 0.15) is 60.1 Å². The minimum absolute atomic E-state index is 0.0527. The summed E-state index contributed by atoms with van der Waals surface area (Å²) in [7, 11) is 0. The second-order valence-electron chi connectivity index (χ2n) is 13.4. The maximum absolute atomic E-state index is 15.4. The molecule has 0 saturated carbocycles. The van der Waals surface area contributed by atoms with Gasteiger partial charge in [-0.1, -0.05) is 11.8 Å². The molecule has 3 fully saturated rings. The molecule has 3 aliphatic rings. The number of ether oxygens (including phenoxy) is 2. The third-order valence-electron chi connectivity index (χ3n) is 8.67. The largest absolute Gasteiger partial charge is 0.444 e. The molecule has 43 heavy (non-hydrogen) atoms. The van der Waals surface area contributed by atoms with Gasteiger partial charge in [0, 0.05) is 43.7 Å². The topological polar surface area (TPSA) is 133 Å². The summed E-state index contributed by atoms with van der Waals surface area (Å²) < 4.78 is 26.9. The van der Waals surface area contributed by atoms with Crippen molar-refractivity contribution in [3.63, 3.8) is 0 Å². The first kappa shape index (κ1) is 31.7. The fourth-order valence-corrected chi connectivity index (χ4v) is 6.85. The van der Waals surface area contributed by atoms with E-state index >= 15 is 4.39 Å². The van der Waals surface area contributed by atoms with Crippen LogP contribution in [-0.2, 0) is 16.1 Å². The molecule has 3 saturated heterocycles. The number of hydrogen-bond acceptors (Lipinski definition) is 11. The summed E-state index contributed by atoms with van der Waals surface area (Å²) in [5, 5.41) is 23.9. The second-order valence-corrected chi connectivity index (χ2v) is 14.5. The van der Waals surface area contributed by atoms with Crippen LogP contribution in [0, 0.1) is 17.2 Å². The highest BCUT2D eigenvalue weighted by molar-refractivity contribution is 7.99. The number of anilines is 2. The summed E-state index contributed by atoms with van der Waals surface area (Å²) in [4.78, 5) is 30.4. The molecule has 2 aromatic rings. The lowest BCUT2D eigenvalue weighted by Crippen LogP contribution is -2.56. The number of aromatic nitrogens is 3. The molecule has 5 rings (SSSR count). The maximum atomic E-state index is 15.4. The van der Waals surface area contributed by atoms with E-state index in [1.54, 1.807) is 32.3 Å². The number of carbonyl (C=O) groups is 1. The van der Waals surface area contributed by atoms with Crippen LogP contribution in [0.15, 0.2) is 28.4 Å². The van der Waals surface area contributed by atoms with Crippen molar-refractivity contribution in [1.29, 1.82) is 0 Å². The number of rotatable bonds is 7. The lowest BCUT2D eigenvalue weighted by Gasteiger charge is -2.45. The Morgan fingerprint density at radius 2 is 1.88 bits per heavy atom. The average molecular weight is 619 g/mol. The van der Waals surface area contributed by atoms with E-state index in [0.29, 0.717) is 54.2 Å². The third-order valence-corrected chi connectivity index (χ3v) is 9.62. The van der Waals surface area contributed by atoms with Crippen LogP contribution in [0.4, 0.5) is 20.8 Å². The Balaban J connectivity index is 1.25. The van der Waals surface area contributed by atoms with Gasteiger partial charge < -0.3 is 34.8 Å². The Bertz CT molecular complexity index is 1320. The number of alkyl carbamates (subject to hydrolysis) is 1. The quantitative estimate of drug-likeness (QED) is 0.419. The minimum Gasteiger partial charge on any atom is -0.444 e. The Labute approximate surface area is 256 Å². The van der Waals surface area contributed by atoms with Gasteiger partial charge >= 0.3 is 6.09 Å². The van der Waals surface area contributed by atoms with Crippen LogP contribution >= 0.6 is 11.8 Å². The summed E-state index contributed by atoms with van der Waals surface area (Å²) in [6.45, 7) is 13.6.